The Bertz CT molecular complexity index is 611. The van der Waals surface area contributed by atoms with Crippen LogP contribution in [-0.2, 0) is 4.74 Å². The van der Waals surface area contributed by atoms with Crippen LogP contribution in [0.25, 0.3) is 0 Å². The van der Waals surface area contributed by atoms with E-state index in [4.69, 9.17) is 22.1 Å². The largest absolute Gasteiger partial charge is 0.373 e. The molecule has 0 bridgehead atoms. The van der Waals surface area contributed by atoms with Crippen molar-refractivity contribution in [2.45, 2.75) is 38.9 Å². The number of nitrogens with two attached hydrogens (primary N) is 1. The summed E-state index contributed by atoms with van der Waals surface area (Å²) in [6.45, 7) is 9.05. The van der Waals surface area contributed by atoms with E-state index in [0.29, 0.717) is 29.5 Å². The summed E-state index contributed by atoms with van der Waals surface area (Å²) < 4.78 is 5.81. The van der Waals surface area contributed by atoms with Crippen LogP contribution in [0.5, 0.6) is 0 Å². The van der Waals surface area contributed by atoms with Gasteiger partial charge in [0, 0.05) is 32.7 Å². The molecule has 0 aliphatic carbocycles. The maximum atomic E-state index is 11.7. The summed E-state index contributed by atoms with van der Waals surface area (Å²) in [5, 5.41) is 8.15. The van der Waals surface area contributed by atoms with Crippen LogP contribution in [0.4, 0.5) is 5.82 Å². The molecule has 0 saturated carbocycles. The second kappa shape index (κ2) is 7.85. The average molecular weight is 368 g/mol. The number of rotatable bonds is 4. The molecule has 1 aromatic rings. The van der Waals surface area contributed by atoms with Crippen molar-refractivity contribution in [2.75, 3.05) is 37.6 Å². The number of halogens is 1. The van der Waals surface area contributed by atoms with Crippen molar-refractivity contribution in [1.29, 1.82) is 0 Å². The second-order valence-corrected chi connectivity index (χ2v) is 7.56. The van der Waals surface area contributed by atoms with Crippen molar-refractivity contribution in [3.8, 4) is 0 Å². The number of hydrogen-bond donors (Lipinski definition) is 1. The van der Waals surface area contributed by atoms with E-state index in [0.717, 1.165) is 45.6 Å². The van der Waals surface area contributed by atoms with Gasteiger partial charge in [0.2, 0.25) is 0 Å². The molecule has 3 heterocycles. The van der Waals surface area contributed by atoms with Gasteiger partial charge >= 0.3 is 0 Å². The minimum atomic E-state index is -0.523. The molecule has 2 N–H and O–H groups in total. The fourth-order valence-corrected chi connectivity index (χ4v) is 4.05. The van der Waals surface area contributed by atoms with E-state index >= 15 is 0 Å². The molecule has 2 fully saturated rings. The number of amides is 1. The number of carbonyl (C=O) groups is 1. The maximum absolute atomic E-state index is 11.7. The van der Waals surface area contributed by atoms with Gasteiger partial charge in [-0.15, -0.1) is 10.2 Å². The Labute approximate surface area is 153 Å². The van der Waals surface area contributed by atoms with E-state index in [1.54, 1.807) is 0 Å². The first-order valence-electron chi connectivity index (χ1n) is 8.88. The van der Waals surface area contributed by atoms with E-state index in [9.17, 15) is 4.79 Å². The van der Waals surface area contributed by atoms with Gasteiger partial charge in [0.05, 0.1) is 17.8 Å². The zero-order chi connectivity index (χ0) is 18.0. The molecule has 2 unspecified atom stereocenters. The molecule has 0 aromatic carbocycles. The lowest BCUT2D eigenvalue weighted by atomic mass is 9.95. The smallest absolute Gasteiger partial charge is 0.252 e. The molecule has 2 aliphatic heterocycles. The number of piperidine rings is 1. The van der Waals surface area contributed by atoms with Gasteiger partial charge < -0.3 is 15.4 Å². The molecular formula is C17H26ClN5O2. The molecule has 2 atom stereocenters. The highest BCUT2D eigenvalue weighted by Crippen LogP contribution is 2.26. The molecule has 1 aromatic heterocycles. The number of nitrogens with zero attached hydrogens (tertiary/aromatic N) is 4. The molecule has 0 radical (unpaired) electrons. The highest BCUT2D eigenvalue weighted by Gasteiger charge is 2.28. The lowest BCUT2D eigenvalue weighted by Gasteiger charge is -2.39. The molecule has 7 nitrogen and oxygen atoms in total. The molecule has 25 heavy (non-hydrogen) atoms. The summed E-state index contributed by atoms with van der Waals surface area (Å²) >= 11 is 5.84. The van der Waals surface area contributed by atoms with Crippen LogP contribution in [0.1, 0.15) is 37.0 Å². The van der Waals surface area contributed by atoms with Gasteiger partial charge in [-0.1, -0.05) is 11.6 Å². The highest BCUT2D eigenvalue weighted by atomic mass is 35.5. The Morgan fingerprint density at radius 1 is 1.28 bits per heavy atom. The molecule has 2 saturated heterocycles. The van der Waals surface area contributed by atoms with Crippen molar-refractivity contribution < 1.29 is 9.53 Å². The van der Waals surface area contributed by atoms with Crippen molar-refractivity contribution in [3.05, 3.63) is 16.8 Å². The number of primary amides is 1. The molecule has 0 spiro atoms. The zero-order valence-corrected chi connectivity index (χ0v) is 15.6. The fraction of sp³-hybridized carbons (Fsp3) is 0.706. The predicted octanol–water partition coefficient (Wildman–Crippen LogP) is 1.55. The third kappa shape index (κ3) is 4.59. The van der Waals surface area contributed by atoms with Crippen LogP contribution >= 0.6 is 11.6 Å². The summed E-state index contributed by atoms with van der Waals surface area (Å²) in [6, 6.07) is 1.49. The topological polar surface area (TPSA) is 84.6 Å². The average Bonchev–Trinajstić information content (AvgIpc) is 2.54. The lowest BCUT2D eigenvalue weighted by Crippen LogP contribution is -2.48. The van der Waals surface area contributed by atoms with E-state index < -0.39 is 5.91 Å². The minimum absolute atomic E-state index is 0.183. The van der Waals surface area contributed by atoms with Crippen LogP contribution in [-0.4, -0.2) is 65.9 Å². The Morgan fingerprint density at radius 3 is 2.52 bits per heavy atom. The van der Waals surface area contributed by atoms with Crippen LogP contribution in [0, 0.1) is 5.92 Å². The predicted molar refractivity (Wildman–Crippen MR) is 96.9 cm³/mol. The van der Waals surface area contributed by atoms with E-state index in [2.05, 4.69) is 33.8 Å². The van der Waals surface area contributed by atoms with Gasteiger partial charge in [-0.05, 0) is 38.7 Å². The first kappa shape index (κ1) is 18.4. The van der Waals surface area contributed by atoms with E-state index in [1.165, 1.54) is 6.07 Å². The van der Waals surface area contributed by atoms with E-state index in [-0.39, 0.29) is 5.15 Å². The van der Waals surface area contributed by atoms with E-state index in [1.807, 2.05) is 0 Å². The molecule has 1 amide bonds. The second-order valence-electron chi connectivity index (χ2n) is 7.17. The molecule has 8 heteroatoms. The van der Waals surface area contributed by atoms with Crippen molar-refractivity contribution in [1.82, 2.24) is 15.1 Å². The van der Waals surface area contributed by atoms with Crippen molar-refractivity contribution >= 4 is 23.3 Å². The number of aromatic nitrogens is 2. The minimum Gasteiger partial charge on any atom is -0.373 e. The summed E-state index contributed by atoms with van der Waals surface area (Å²) in [7, 11) is 0. The lowest BCUT2D eigenvalue weighted by molar-refractivity contribution is -0.0720. The molecule has 2 aliphatic rings. The standard InChI is InChI=1S/C17H26ClN5O2/c1-11-8-22(9-12(2)25-11)10-13-3-5-23(6-4-13)17-14(16(19)24)7-15(18)20-21-17/h7,11-13H,3-6,8-10H2,1-2H3,(H2,19,24). The molecule has 138 valence electrons. The quantitative estimate of drug-likeness (QED) is 0.869. The first-order valence-corrected chi connectivity index (χ1v) is 9.26. The van der Waals surface area contributed by atoms with Crippen molar-refractivity contribution in [2.24, 2.45) is 11.7 Å². The number of carbonyl (C=O) groups excluding carboxylic acids is 1. The highest BCUT2D eigenvalue weighted by molar-refractivity contribution is 6.29. The number of hydrogen-bond acceptors (Lipinski definition) is 6. The fourth-order valence-electron chi connectivity index (χ4n) is 3.90. The van der Waals surface area contributed by atoms with Gasteiger partial charge in [0.1, 0.15) is 0 Å². The van der Waals surface area contributed by atoms with Crippen LogP contribution < -0.4 is 10.6 Å². The van der Waals surface area contributed by atoms with Gasteiger partial charge in [0.25, 0.3) is 5.91 Å². The van der Waals surface area contributed by atoms with Crippen molar-refractivity contribution in [3.63, 3.8) is 0 Å². The van der Waals surface area contributed by atoms with Gasteiger partial charge in [-0.3, -0.25) is 9.69 Å². The first-order chi connectivity index (χ1) is 11.9. The van der Waals surface area contributed by atoms with Gasteiger partial charge in [-0.25, -0.2) is 0 Å². The monoisotopic (exact) mass is 367 g/mol. The summed E-state index contributed by atoms with van der Waals surface area (Å²) in [4.78, 5) is 16.3. The number of ether oxygens (including phenoxy) is 1. The number of anilines is 1. The van der Waals surface area contributed by atoms with Crippen LogP contribution in [0.15, 0.2) is 6.07 Å². The SMILES string of the molecule is CC1CN(CC2CCN(c3nnc(Cl)cc3C(N)=O)CC2)CC(C)O1. The normalized spacial score (nSPS) is 26.0. The van der Waals surface area contributed by atoms with Gasteiger partial charge in [-0.2, -0.15) is 0 Å². The summed E-state index contributed by atoms with van der Waals surface area (Å²) in [5.41, 5.74) is 5.80. The third-order valence-electron chi connectivity index (χ3n) is 4.94. The van der Waals surface area contributed by atoms with Crippen LogP contribution in [0.2, 0.25) is 5.15 Å². The Kier molecular flexibility index (Phi) is 5.76. The Hall–Kier alpha value is -1.44. The summed E-state index contributed by atoms with van der Waals surface area (Å²) in [6.07, 6.45) is 2.71. The van der Waals surface area contributed by atoms with Crippen LogP contribution in [0.3, 0.4) is 0 Å². The van der Waals surface area contributed by atoms with Gasteiger partial charge in [0.15, 0.2) is 11.0 Å². The number of morpholine rings is 1. The molecular weight excluding hydrogens is 342 g/mol. The molecule has 3 rings (SSSR count). The zero-order valence-electron chi connectivity index (χ0n) is 14.8. The Balaban J connectivity index is 1.58. The Morgan fingerprint density at radius 2 is 1.92 bits per heavy atom. The third-order valence-corrected chi connectivity index (χ3v) is 5.12. The maximum Gasteiger partial charge on any atom is 0.252 e. The summed E-state index contributed by atoms with van der Waals surface area (Å²) in [5.74, 6) is 0.667.